The molecule has 0 spiro atoms. The molecule has 21 heavy (non-hydrogen) atoms. The Labute approximate surface area is 128 Å². The molecule has 110 valence electrons. The van der Waals surface area contributed by atoms with Crippen LogP contribution in [0.25, 0.3) is 0 Å². The average molecular weight is 306 g/mol. The quantitative estimate of drug-likeness (QED) is 0.854. The second-order valence-electron chi connectivity index (χ2n) is 4.60. The molecule has 0 aliphatic heterocycles. The summed E-state index contributed by atoms with van der Waals surface area (Å²) in [5, 5.41) is 12.9. The molecule has 2 aromatic rings. The Morgan fingerprint density at radius 3 is 2.57 bits per heavy atom. The van der Waals surface area contributed by atoms with Gasteiger partial charge in [0, 0.05) is 17.8 Å². The normalized spacial score (nSPS) is 11.9. The van der Waals surface area contributed by atoms with E-state index < -0.39 is 12.0 Å². The van der Waals surface area contributed by atoms with Crippen molar-refractivity contribution < 1.29 is 14.6 Å². The first-order valence-corrected chi connectivity index (χ1v) is 6.80. The van der Waals surface area contributed by atoms with Crippen molar-refractivity contribution in [3.05, 3.63) is 64.7 Å². The second-order valence-corrected chi connectivity index (χ2v) is 5.04. The SMILES string of the molecule is COCc1ccc(C(Nc2cccc(Cl)c2)C(=O)O)cc1. The van der Waals surface area contributed by atoms with Crippen LogP contribution in [0.1, 0.15) is 17.2 Å². The van der Waals surface area contributed by atoms with Gasteiger partial charge in [0.25, 0.3) is 0 Å². The van der Waals surface area contributed by atoms with E-state index in [4.69, 9.17) is 16.3 Å². The van der Waals surface area contributed by atoms with Crippen LogP contribution in [-0.2, 0) is 16.1 Å². The summed E-state index contributed by atoms with van der Waals surface area (Å²) in [5.41, 5.74) is 2.33. The van der Waals surface area contributed by atoms with Crippen molar-refractivity contribution in [3.8, 4) is 0 Å². The summed E-state index contributed by atoms with van der Waals surface area (Å²) in [6.07, 6.45) is 0. The lowest BCUT2D eigenvalue weighted by Crippen LogP contribution is -2.20. The van der Waals surface area contributed by atoms with Crippen molar-refractivity contribution in [3.63, 3.8) is 0 Å². The van der Waals surface area contributed by atoms with Crippen LogP contribution in [0.4, 0.5) is 5.69 Å². The van der Waals surface area contributed by atoms with Gasteiger partial charge in [-0.25, -0.2) is 4.79 Å². The van der Waals surface area contributed by atoms with Crippen LogP contribution in [0.15, 0.2) is 48.5 Å². The van der Waals surface area contributed by atoms with Gasteiger partial charge < -0.3 is 15.2 Å². The Morgan fingerprint density at radius 2 is 2.00 bits per heavy atom. The molecule has 0 amide bonds. The number of anilines is 1. The van der Waals surface area contributed by atoms with Crippen LogP contribution < -0.4 is 5.32 Å². The fourth-order valence-corrected chi connectivity index (χ4v) is 2.20. The van der Waals surface area contributed by atoms with E-state index in [1.807, 2.05) is 12.1 Å². The fourth-order valence-electron chi connectivity index (χ4n) is 2.01. The molecule has 2 aromatic carbocycles. The second kappa shape index (κ2) is 7.11. The lowest BCUT2D eigenvalue weighted by atomic mass is 10.0. The van der Waals surface area contributed by atoms with Crippen LogP contribution in [0, 0.1) is 0 Å². The van der Waals surface area contributed by atoms with E-state index in [2.05, 4.69) is 5.32 Å². The van der Waals surface area contributed by atoms with Gasteiger partial charge in [0.15, 0.2) is 6.04 Å². The van der Waals surface area contributed by atoms with Crippen molar-refractivity contribution in [2.75, 3.05) is 12.4 Å². The molecule has 2 N–H and O–H groups in total. The van der Waals surface area contributed by atoms with E-state index in [-0.39, 0.29) is 0 Å². The molecule has 4 nitrogen and oxygen atoms in total. The minimum atomic E-state index is -0.950. The summed E-state index contributed by atoms with van der Waals surface area (Å²) in [4.78, 5) is 11.5. The molecule has 0 fully saturated rings. The number of nitrogens with one attached hydrogen (secondary N) is 1. The zero-order chi connectivity index (χ0) is 15.2. The van der Waals surface area contributed by atoms with Gasteiger partial charge in [-0.1, -0.05) is 41.9 Å². The average Bonchev–Trinajstić information content (AvgIpc) is 2.46. The highest BCUT2D eigenvalue weighted by atomic mass is 35.5. The van der Waals surface area contributed by atoms with Gasteiger partial charge in [-0.3, -0.25) is 0 Å². The van der Waals surface area contributed by atoms with E-state index in [1.54, 1.807) is 43.5 Å². The lowest BCUT2D eigenvalue weighted by molar-refractivity contribution is -0.138. The van der Waals surface area contributed by atoms with Crippen LogP contribution in [0.3, 0.4) is 0 Å². The maximum absolute atomic E-state index is 11.5. The lowest BCUT2D eigenvalue weighted by Gasteiger charge is -2.16. The Balaban J connectivity index is 2.20. The zero-order valence-corrected chi connectivity index (χ0v) is 12.3. The first-order chi connectivity index (χ1) is 10.1. The third-order valence-corrected chi connectivity index (χ3v) is 3.24. The predicted octanol–water partition coefficient (Wildman–Crippen LogP) is 3.72. The third kappa shape index (κ3) is 4.21. The number of methoxy groups -OCH3 is 1. The van der Waals surface area contributed by atoms with E-state index >= 15 is 0 Å². The van der Waals surface area contributed by atoms with Crippen LogP contribution in [0.5, 0.6) is 0 Å². The van der Waals surface area contributed by atoms with E-state index in [0.717, 1.165) is 5.56 Å². The van der Waals surface area contributed by atoms with Crippen LogP contribution in [-0.4, -0.2) is 18.2 Å². The van der Waals surface area contributed by atoms with Crippen LogP contribution >= 0.6 is 11.6 Å². The maximum atomic E-state index is 11.5. The Kier molecular flexibility index (Phi) is 5.20. The summed E-state index contributed by atoms with van der Waals surface area (Å²) in [7, 11) is 1.62. The molecule has 2 rings (SSSR count). The van der Waals surface area contributed by atoms with Crippen molar-refractivity contribution in [1.29, 1.82) is 0 Å². The van der Waals surface area contributed by atoms with Gasteiger partial charge in [0.2, 0.25) is 0 Å². The van der Waals surface area contributed by atoms with E-state index in [1.165, 1.54) is 0 Å². The molecule has 0 radical (unpaired) electrons. The number of carboxylic acid groups (broad SMARTS) is 1. The zero-order valence-electron chi connectivity index (χ0n) is 11.5. The maximum Gasteiger partial charge on any atom is 0.330 e. The molecule has 1 unspecified atom stereocenters. The van der Waals surface area contributed by atoms with Gasteiger partial charge in [-0.15, -0.1) is 0 Å². The number of halogens is 1. The number of hydrogen-bond donors (Lipinski definition) is 2. The first kappa shape index (κ1) is 15.4. The molecule has 0 aliphatic rings. The summed E-state index contributed by atoms with van der Waals surface area (Å²) in [6.45, 7) is 0.500. The van der Waals surface area contributed by atoms with Gasteiger partial charge in [0.1, 0.15) is 0 Å². The van der Waals surface area contributed by atoms with Crippen molar-refractivity contribution >= 4 is 23.3 Å². The molecular formula is C16H16ClNO3. The molecule has 0 aromatic heterocycles. The third-order valence-electron chi connectivity index (χ3n) is 3.01. The predicted molar refractivity (Wildman–Crippen MR) is 82.6 cm³/mol. The molecular weight excluding hydrogens is 290 g/mol. The topological polar surface area (TPSA) is 58.6 Å². The standard InChI is InChI=1S/C16H16ClNO3/c1-21-10-11-5-7-12(8-6-11)15(16(19)20)18-14-4-2-3-13(17)9-14/h2-9,15,18H,10H2,1H3,(H,19,20). The van der Waals surface area contributed by atoms with Gasteiger partial charge in [0.05, 0.1) is 6.61 Å². The monoisotopic (exact) mass is 305 g/mol. The smallest absolute Gasteiger partial charge is 0.330 e. The van der Waals surface area contributed by atoms with E-state index in [9.17, 15) is 9.90 Å². The van der Waals surface area contributed by atoms with Gasteiger partial charge >= 0.3 is 5.97 Å². The minimum Gasteiger partial charge on any atom is -0.479 e. The van der Waals surface area contributed by atoms with Crippen molar-refractivity contribution in [1.82, 2.24) is 0 Å². The summed E-state index contributed by atoms with van der Waals surface area (Å²) >= 11 is 5.91. The first-order valence-electron chi connectivity index (χ1n) is 6.43. The van der Waals surface area contributed by atoms with E-state index in [0.29, 0.717) is 22.9 Å². The molecule has 0 bridgehead atoms. The number of carboxylic acids is 1. The molecule has 1 atom stereocenters. The Hall–Kier alpha value is -2.04. The molecule has 0 saturated carbocycles. The number of rotatable bonds is 6. The number of hydrogen-bond acceptors (Lipinski definition) is 3. The highest BCUT2D eigenvalue weighted by molar-refractivity contribution is 6.30. The number of benzene rings is 2. The number of aliphatic carboxylic acids is 1. The molecule has 0 saturated heterocycles. The highest BCUT2D eigenvalue weighted by Crippen LogP contribution is 2.23. The fraction of sp³-hybridized carbons (Fsp3) is 0.188. The van der Waals surface area contributed by atoms with Crippen molar-refractivity contribution in [2.45, 2.75) is 12.6 Å². The van der Waals surface area contributed by atoms with Crippen LogP contribution in [0.2, 0.25) is 5.02 Å². The van der Waals surface area contributed by atoms with Gasteiger partial charge in [-0.05, 0) is 29.3 Å². The molecule has 0 aliphatic carbocycles. The van der Waals surface area contributed by atoms with Gasteiger partial charge in [-0.2, -0.15) is 0 Å². The number of carbonyl (C=O) groups is 1. The Morgan fingerprint density at radius 1 is 1.29 bits per heavy atom. The summed E-state index contributed by atoms with van der Waals surface area (Å²) in [6, 6.07) is 13.4. The Bertz CT molecular complexity index is 613. The highest BCUT2D eigenvalue weighted by Gasteiger charge is 2.19. The summed E-state index contributed by atoms with van der Waals surface area (Å²) < 4.78 is 5.04. The van der Waals surface area contributed by atoms with Crippen molar-refractivity contribution in [2.24, 2.45) is 0 Å². The largest absolute Gasteiger partial charge is 0.479 e. The molecule has 0 heterocycles. The number of ether oxygens (including phenoxy) is 1. The molecule has 5 heteroatoms. The minimum absolute atomic E-state index is 0.500. The summed E-state index contributed by atoms with van der Waals surface area (Å²) in [5.74, 6) is -0.950.